The zero-order valence-electron chi connectivity index (χ0n) is 6.73. The first kappa shape index (κ1) is 8.27. The SMILES string of the molecule is CN(CC#N)c1ccnc(N)n1. The Labute approximate surface area is 70.5 Å². The van der Waals surface area contributed by atoms with Crippen LogP contribution in [0.25, 0.3) is 0 Å². The third-order valence-corrected chi connectivity index (χ3v) is 1.36. The van der Waals surface area contributed by atoms with Crippen molar-refractivity contribution in [3.63, 3.8) is 0 Å². The predicted molar refractivity (Wildman–Crippen MR) is 45.3 cm³/mol. The number of nitrogens with zero attached hydrogens (tertiary/aromatic N) is 4. The summed E-state index contributed by atoms with van der Waals surface area (Å²) in [6, 6.07) is 3.71. The van der Waals surface area contributed by atoms with Gasteiger partial charge in [0.2, 0.25) is 5.95 Å². The highest BCUT2D eigenvalue weighted by Gasteiger charge is 2.00. The van der Waals surface area contributed by atoms with Gasteiger partial charge in [0.1, 0.15) is 12.4 Å². The van der Waals surface area contributed by atoms with Gasteiger partial charge in [0.25, 0.3) is 0 Å². The Morgan fingerprint density at radius 1 is 1.75 bits per heavy atom. The van der Waals surface area contributed by atoms with E-state index in [2.05, 4.69) is 9.97 Å². The summed E-state index contributed by atoms with van der Waals surface area (Å²) >= 11 is 0. The summed E-state index contributed by atoms with van der Waals surface area (Å²) in [5.74, 6) is 0.876. The molecular formula is C7H9N5. The molecule has 0 atom stereocenters. The molecule has 5 nitrogen and oxygen atoms in total. The van der Waals surface area contributed by atoms with Gasteiger partial charge in [-0.2, -0.15) is 10.2 Å². The molecule has 0 aliphatic rings. The van der Waals surface area contributed by atoms with Gasteiger partial charge >= 0.3 is 0 Å². The number of nitriles is 1. The van der Waals surface area contributed by atoms with Crippen molar-refractivity contribution in [2.45, 2.75) is 0 Å². The quantitative estimate of drug-likeness (QED) is 0.622. The standard InChI is InChI=1S/C7H9N5/c1-12(5-3-8)6-2-4-10-7(9)11-6/h2,4H,5H2,1H3,(H2,9,10,11). The first-order valence-corrected chi connectivity index (χ1v) is 3.40. The van der Waals surface area contributed by atoms with Crippen LogP contribution in [-0.2, 0) is 0 Å². The van der Waals surface area contributed by atoms with Crippen molar-refractivity contribution in [3.05, 3.63) is 12.3 Å². The Kier molecular flexibility index (Phi) is 2.43. The first-order chi connectivity index (χ1) is 5.74. The molecule has 2 N–H and O–H groups in total. The summed E-state index contributed by atoms with van der Waals surface area (Å²) in [5, 5.41) is 8.40. The maximum absolute atomic E-state index is 8.40. The molecule has 0 saturated carbocycles. The van der Waals surface area contributed by atoms with Gasteiger partial charge in [0.15, 0.2) is 0 Å². The topological polar surface area (TPSA) is 78.8 Å². The molecule has 1 aromatic heterocycles. The zero-order chi connectivity index (χ0) is 8.97. The minimum Gasteiger partial charge on any atom is -0.368 e. The van der Waals surface area contributed by atoms with Crippen LogP contribution in [0.2, 0.25) is 0 Å². The smallest absolute Gasteiger partial charge is 0.221 e. The molecule has 0 radical (unpaired) electrons. The first-order valence-electron chi connectivity index (χ1n) is 3.40. The number of rotatable bonds is 2. The van der Waals surface area contributed by atoms with Crippen molar-refractivity contribution in [2.24, 2.45) is 0 Å². The highest BCUT2D eigenvalue weighted by atomic mass is 15.2. The third-order valence-electron chi connectivity index (χ3n) is 1.36. The molecule has 0 aliphatic carbocycles. The predicted octanol–water partition coefficient (Wildman–Crippen LogP) is 0.0186. The van der Waals surface area contributed by atoms with Crippen LogP contribution in [0.15, 0.2) is 12.3 Å². The third kappa shape index (κ3) is 1.83. The second-order valence-electron chi connectivity index (χ2n) is 2.29. The van der Waals surface area contributed by atoms with E-state index in [0.29, 0.717) is 5.82 Å². The molecule has 1 rings (SSSR count). The van der Waals surface area contributed by atoms with E-state index in [1.165, 1.54) is 0 Å². The molecule has 0 amide bonds. The number of hydrogen-bond acceptors (Lipinski definition) is 5. The van der Waals surface area contributed by atoms with Crippen molar-refractivity contribution in [1.29, 1.82) is 5.26 Å². The van der Waals surface area contributed by atoms with Gasteiger partial charge in [-0.3, -0.25) is 0 Å². The second kappa shape index (κ2) is 3.53. The highest BCUT2D eigenvalue weighted by Crippen LogP contribution is 2.06. The lowest BCUT2D eigenvalue weighted by Crippen LogP contribution is -2.18. The number of nitrogens with two attached hydrogens (primary N) is 1. The monoisotopic (exact) mass is 163 g/mol. The fourth-order valence-corrected chi connectivity index (χ4v) is 0.763. The van der Waals surface area contributed by atoms with Crippen molar-refractivity contribution < 1.29 is 0 Å². The molecule has 12 heavy (non-hydrogen) atoms. The van der Waals surface area contributed by atoms with Gasteiger partial charge < -0.3 is 10.6 Å². The van der Waals surface area contributed by atoms with E-state index in [1.54, 1.807) is 24.2 Å². The van der Waals surface area contributed by atoms with Crippen molar-refractivity contribution in [3.8, 4) is 6.07 Å². The Hall–Kier alpha value is -1.83. The molecule has 0 aliphatic heterocycles. The van der Waals surface area contributed by atoms with E-state index < -0.39 is 0 Å². The largest absolute Gasteiger partial charge is 0.368 e. The van der Waals surface area contributed by atoms with Gasteiger partial charge in [-0.15, -0.1) is 0 Å². The molecule has 0 fully saturated rings. The normalized spacial score (nSPS) is 9.00. The van der Waals surface area contributed by atoms with Crippen LogP contribution in [0.5, 0.6) is 0 Å². The van der Waals surface area contributed by atoms with Crippen LogP contribution in [0.3, 0.4) is 0 Å². The van der Waals surface area contributed by atoms with Crippen molar-refractivity contribution in [2.75, 3.05) is 24.2 Å². The molecular weight excluding hydrogens is 154 g/mol. The number of hydrogen-bond donors (Lipinski definition) is 1. The Bertz CT molecular complexity index is 303. The van der Waals surface area contributed by atoms with Crippen LogP contribution >= 0.6 is 0 Å². The average Bonchev–Trinajstić information content (AvgIpc) is 2.05. The van der Waals surface area contributed by atoms with E-state index in [-0.39, 0.29) is 12.5 Å². The lowest BCUT2D eigenvalue weighted by Gasteiger charge is -2.12. The Morgan fingerprint density at radius 2 is 2.50 bits per heavy atom. The number of nitrogen functional groups attached to an aromatic ring is 1. The molecule has 0 spiro atoms. The van der Waals surface area contributed by atoms with E-state index in [9.17, 15) is 0 Å². The Balaban J connectivity index is 2.82. The Morgan fingerprint density at radius 3 is 3.08 bits per heavy atom. The molecule has 0 saturated heterocycles. The maximum Gasteiger partial charge on any atom is 0.221 e. The van der Waals surface area contributed by atoms with Crippen LogP contribution in [0, 0.1) is 11.3 Å². The summed E-state index contributed by atoms with van der Waals surface area (Å²) in [6.45, 7) is 0.288. The highest BCUT2D eigenvalue weighted by molar-refractivity contribution is 5.40. The van der Waals surface area contributed by atoms with E-state index >= 15 is 0 Å². The minimum atomic E-state index is 0.220. The average molecular weight is 163 g/mol. The lowest BCUT2D eigenvalue weighted by atomic mass is 10.5. The van der Waals surface area contributed by atoms with Gasteiger partial charge in [-0.1, -0.05) is 0 Å². The number of aromatic nitrogens is 2. The lowest BCUT2D eigenvalue weighted by molar-refractivity contribution is 0.985. The van der Waals surface area contributed by atoms with Crippen LogP contribution in [-0.4, -0.2) is 23.6 Å². The molecule has 5 heteroatoms. The van der Waals surface area contributed by atoms with Crippen LogP contribution < -0.4 is 10.6 Å². The molecule has 0 aromatic carbocycles. The summed E-state index contributed by atoms with van der Waals surface area (Å²) in [7, 11) is 1.77. The molecule has 0 bridgehead atoms. The molecule has 0 unspecified atom stereocenters. The van der Waals surface area contributed by atoms with Gasteiger partial charge in [0, 0.05) is 13.2 Å². The van der Waals surface area contributed by atoms with Crippen LogP contribution in [0.1, 0.15) is 0 Å². The molecule has 62 valence electrons. The van der Waals surface area contributed by atoms with Gasteiger partial charge in [-0.05, 0) is 6.07 Å². The summed E-state index contributed by atoms with van der Waals surface area (Å²) in [6.07, 6.45) is 1.56. The second-order valence-corrected chi connectivity index (χ2v) is 2.29. The van der Waals surface area contributed by atoms with Crippen LogP contribution in [0.4, 0.5) is 11.8 Å². The van der Waals surface area contributed by atoms with E-state index in [0.717, 1.165) is 0 Å². The molecule has 1 heterocycles. The van der Waals surface area contributed by atoms with E-state index in [4.69, 9.17) is 11.0 Å². The van der Waals surface area contributed by atoms with Gasteiger partial charge in [0.05, 0.1) is 6.07 Å². The fourth-order valence-electron chi connectivity index (χ4n) is 0.763. The molecule has 1 aromatic rings. The minimum absolute atomic E-state index is 0.220. The van der Waals surface area contributed by atoms with Crippen molar-refractivity contribution >= 4 is 11.8 Å². The summed E-state index contributed by atoms with van der Waals surface area (Å²) in [5.41, 5.74) is 5.36. The fraction of sp³-hybridized carbons (Fsp3) is 0.286. The number of anilines is 2. The van der Waals surface area contributed by atoms with E-state index in [1.807, 2.05) is 6.07 Å². The maximum atomic E-state index is 8.40. The summed E-state index contributed by atoms with van der Waals surface area (Å²) < 4.78 is 0. The summed E-state index contributed by atoms with van der Waals surface area (Å²) in [4.78, 5) is 9.37. The van der Waals surface area contributed by atoms with Gasteiger partial charge in [-0.25, -0.2) is 4.98 Å². The van der Waals surface area contributed by atoms with Crippen molar-refractivity contribution in [1.82, 2.24) is 9.97 Å². The zero-order valence-corrected chi connectivity index (χ0v) is 6.73.